The van der Waals surface area contributed by atoms with Crippen LogP contribution in [-0.2, 0) is 16.0 Å². The van der Waals surface area contributed by atoms with Crippen molar-refractivity contribution in [2.24, 2.45) is 5.92 Å². The highest BCUT2D eigenvalue weighted by Gasteiger charge is 2.46. The summed E-state index contributed by atoms with van der Waals surface area (Å²) in [5.41, 5.74) is 1.44. The first-order valence-electron chi connectivity index (χ1n) is 11.5. The Kier molecular flexibility index (Phi) is 9.58. The molecule has 1 atom stereocenters. The summed E-state index contributed by atoms with van der Waals surface area (Å²) in [4.78, 5) is 38.6. The molecule has 2 amide bonds. The van der Waals surface area contributed by atoms with Gasteiger partial charge in [0.25, 0.3) is 11.8 Å². The molecule has 2 N–H and O–H groups in total. The molecule has 180 valence electrons. The minimum absolute atomic E-state index is 0.305. The molecule has 0 heterocycles. The Balaban J connectivity index is 2.11. The average molecular weight is 463 g/mol. The number of hydrogen-bond acceptors (Lipinski definition) is 4. The van der Waals surface area contributed by atoms with Gasteiger partial charge in [-0.3, -0.25) is 14.4 Å². The van der Waals surface area contributed by atoms with Crippen LogP contribution in [0.25, 0.3) is 0 Å². The Hall–Kier alpha value is -3.43. The molecule has 34 heavy (non-hydrogen) atoms. The first kappa shape index (κ1) is 26.8. The van der Waals surface area contributed by atoms with Gasteiger partial charge in [-0.25, -0.2) is 0 Å². The molecule has 6 nitrogen and oxygen atoms in total. The van der Waals surface area contributed by atoms with Gasteiger partial charge in [0, 0.05) is 30.8 Å². The lowest BCUT2D eigenvalue weighted by Gasteiger charge is -2.35. The van der Waals surface area contributed by atoms with E-state index in [9.17, 15) is 19.5 Å². The predicted molar refractivity (Wildman–Crippen MR) is 133 cm³/mol. The van der Waals surface area contributed by atoms with E-state index in [1.807, 2.05) is 12.1 Å². The fourth-order valence-corrected chi connectivity index (χ4v) is 3.57. The van der Waals surface area contributed by atoms with Crippen molar-refractivity contribution in [2.45, 2.75) is 45.6 Å². The highest BCUT2D eigenvalue weighted by Crippen LogP contribution is 2.19. The van der Waals surface area contributed by atoms with Crippen LogP contribution < -0.4 is 5.32 Å². The van der Waals surface area contributed by atoms with Crippen molar-refractivity contribution >= 4 is 17.6 Å². The number of amides is 2. The number of nitrogens with zero attached hydrogens (tertiary/aromatic N) is 1. The third kappa shape index (κ3) is 6.55. The molecule has 0 saturated heterocycles. The summed E-state index contributed by atoms with van der Waals surface area (Å²) >= 11 is 0. The van der Waals surface area contributed by atoms with E-state index < -0.39 is 29.7 Å². The fraction of sp³-hybridized carbons (Fsp3) is 0.393. The highest BCUT2D eigenvalue weighted by atomic mass is 16.3. The van der Waals surface area contributed by atoms with Crippen LogP contribution in [0, 0.1) is 17.8 Å². The van der Waals surface area contributed by atoms with Crippen LogP contribution >= 0.6 is 0 Å². The second kappa shape index (κ2) is 12.2. The number of hydrogen-bond donors (Lipinski definition) is 2. The second-order valence-electron chi connectivity index (χ2n) is 8.91. The normalized spacial score (nSPS) is 12.3. The van der Waals surface area contributed by atoms with E-state index in [0.717, 1.165) is 28.4 Å². The van der Waals surface area contributed by atoms with Crippen LogP contribution in [-0.4, -0.2) is 53.8 Å². The van der Waals surface area contributed by atoms with E-state index in [1.165, 1.54) is 39.4 Å². The Morgan fingerprint density at radius 3 is 2.00 bits per heavy atom. The quantitative estimate of drug-likeness (QED) is 0.443. The van der Waals surface area contributed by atoms with Crippen molar-refractivity contribution < 1.29 is 19.5 Å². The molecule has 0 spiro atoms. The second-order valence-corrected chi connectivity index (χ2v) is 8.91. The van der Waals surface area contributed by atoms with Crippen LogP contribution in [0.4, 0.5) is 0 Å². The van der Waals surface area contributed by atoms with E-state index in [1.54, 1.807) is 24.3 Å². The zero-order valence-electron chi connectivity index (χ0n) is 20.6. The molecule has 0 aliphatic rings. The minimum Gasteiger partial charge on any atom is -0.388 e. The lowest BCUT2D eigenvalue weighted by molar-refractivity contribution is -0.143. The number of likely N-dealkylation sites (N-methyl/N-ethyl adjacent to an activating group) is 2. The third-order valence-corrected chi connectivity index (χ3v) is 6.02. The van der Waals surface area contributed by atoms with Crippen molar-refractivity contribution in [3.05, 3.63) is 70.8 Å². The van der Waals surface area contributed by atoms with Gasteiger partial charge in [-0.2, -0.15) is 0 Å². The number of ketones is 1. The van der Waals surface area contributed by atoms with Crippen LogP contribution in [0.1, 0.15) is 60.7 Å². The van der Waals surface area contributed by atoms with Gasteiger partial charge in [0.15, 0.2) is 11.3 Å². The molecule has 2 aromatic rings. The van der Waals surface area contributed by atoms with E-state index in [-0.39, 0.29) is 0 Å². The number of nitrogens with one attached hydrogen (secondary N) is 1. The van der Waals surface area contributed by atoms with Gasteiger partial charge >= 0.3 is 0 Å². The molecule has 0 aromatic heterocycles. The largest absolute Gasteiger partial charge is 0.388 e. The summed E-state index contributed by atoms with van der Waals surface area (Å²) in [6.07, 6.45) is 3.47. The smallest absolute Gasteiger partial charge is 0.254 e. The summed E-state index contributed by atoms with van der Waals surface area (Å²) in [5, 5.41) is 11.7. The predicted octanol–water partition coefficient (Wildman–Crippen LogP) is 3.20. The van der Waals surface area contributed by atoms with Gasteiger partial charge in [-0.05, 0) is 67.6 Å². The molecule has 2 aromatic carbocycles. The molecule has 0 saturated carbocycles. The van der Waals surface area contributed by atoms with Crippen molar-refractivity contribution in [3.8, 4) is 11.8 Å². The number of Topliss-reactive ketones (excluding diaryl/α,β-unsaturated/α-hetero) is 1. The number of carbonyl (C=O) groups excluding carboxylic acids is 3. The van der Waals surface area contributed by atoms with Crippen molar-refractivity contribution in [1.29, 1.82) is 0 Å². The van der Waals surface area contributed by atoms with Crippen molar-refractivity contribution in [1.82, 2.24) is 10.2 Å². The maximum absolute atomic E-state index is 12.9. The fourth-order valence-electron chi connectivity index (χ4n) is 3.57. The molecule has 0 unspecified atom stereocenters. The number of rotatable bonds is 9. The lowest BCUT2D eigenvalue weighted by Crippen LogP contribution is -2.62. The molecule has 0 radical (unpaired) electrons. The van der Waals surface area contributed by atoms with Crippen molar-refractivity contribution in [3.63, 3.8) is 0 Å². The molecule has 0 aliphatic heterocycles. The molecule has 2 rings (SSSR count). The molecule has 0 bridgehead atoms. The highest BCUT2D eigenvalue weighted by molar-refractivity contribution is 6.14. The van der Waals surface area contributed by atoms with E-state index in [0.29, 0.717) is 5.56 Å². The van der Waals surface area contributed by atoms with Gasteiger partial charge in [0.2, 0.25) is 0 Å². The van der Waals surface area contributed by atoms with E-state index >= 15 is 0 Å². The summed E-state index contributed by atoms with van der Waals surface area (Å²) < 4.78 is 0. The number of aliphatic hydroxyl groups is 1. The van der Waals surface area contributed by atoms with Crippen LogP contribution in [0.2, 0.25) is 0 Å². The van der Waals surface area contributed by atoms with Gasteiger partial charge in [0.1, 0.15) is 6.61 Å². The molecule has 0 aliphatic carbocycles. The first-order valence-corrected chi connectivity index (χ1v) is 11.5. The van der Waals surface area contributed by atoms with Crippen LogP contribution in [0.5, 0.6) is 0 Å². The Labute approximate surface area is 202 Å². The number of aliphatic hydroxyl groups excluding tert-OH is 1. The molecule has 6 heteroatoms. The Morgan fingerprint density at radius 2 is 1.53 bits per heavy atom. The zero-order valence-corrected chi connectivity index (χ0v) is 20.6. The van der Waals surface area contributed by atoms with E-state index in [2.05, 4.69) is 43.1 Å². The SMILES string of the molecule is CNC(=O)[C@@](C)(C(=O)CO)N(C)C(=O)c1ccc(C#Cc2ccc(CCCC(C)C)cc2)cc1. The number of aryl methyl sites for hydroxylation is 1. The maximum Gasteiger partial charge on any atom is 0.254 e. The summed E-state index contributed by atoms with van der Waals surface area (Å²) in [7, 11) is 2.74. The van der Waals surface area contributed by atoms with Gasteiger partial charge < -0.3 is 15.3 Å². The molecule has 0 fully saturated rings. The number of carbonyl (C=O) groups is 3. The van der Waals surface area contributed by atoms with E-state index in [4.69, 9.17) is 0 Å². The summed E-state index contributed by atoms with van der Waals surface area (Å²) in [5.74, 6) is 4.99. The Bertz CT molecular complexity index is 1040. The molecular formula is C28H34N2O4. The lowest BCUT2D eigenvalue weighted by atomic mass is 9.92. The first-order chi connectivity index (χ1) is 16.1. The standard InChI is InChI=1S/C28H34N2O4/c1-20(2)7-6-8-21-9-11-22(12-10-21)13-14-23-15-17-24(18-16-23)26(33)30(5)28(3,25(32)19-31)27(34)29-4/h9-12,15-18,20,31H,6-8,19H2,1-5H3,(H,29,34)/t28-/m1/s1. The third-order valence-electron chi connectivity index (χ3n) is 6.02. The minimum atomic E-state index is -1.82. The average Bonchev–Trinajstić information content (AvgIpc) is 2.85. The number of benzene rings is 2. The Morgan fingerprint density at radius 1 is 1.00 bits per heavy atom. The van der Waals surface area contributed by atoms with Crippen LogP contribution in [0.3, 0.4) is 0 Å². The van der Waals surface area contributed by atoms with Gasteiger partial charge in [-0.1, -0.05) is 44.2 Å². The van der Waals surface area contributed by atoms with Crippen molar-refractivity contribution in [2.75, 3.05) is 20.7 Å². The van der Waals surface area contributed by atoms with Gasteiger partial charge in [0.05, 0.1) is 0 Å². The summed E-state index contributed by atoms with van der Waals surface area (Å²) in [6, 6.07) is 14.9. The van der Waals surface area contributed by atoms with Gasteiger partial charge in [-0.15, -0.1) is 0 Å². The maximum atomic E-state index is 12.9. The monoisotopic (exact) mass is 462 g/mol. The summed E-state index contributed by atoms with van der Waals surface area (Å²) in [6.45, 7) is 4.94. The zero-order chi connectivity index (χ0) is 25.3. The molecular weight excluding hydrogens is 428 g/mol. The van der Waals surface area contributed by atoms with Crippen LogP contribution in [0.15, 0.2) is 48.5 Å². The topological polar surface area (TPSA) is 86.7 Å².